The van der Waals surface area contributed by atoms with Crippen LogP contribution in [0.4, 0.5) is 11.4 Å². The number of anilines is 2. The van der Waals surface area contributed by atoms with E-state index in [2.05, 4.69) is 282 Å². The molecular weight excluding hydrogens is 1010 g/mol. The number of pyridine rings is 2. The van der Waals surface area contributed by atoms with Crippen LogP contribution in [0.2, 0.25) is 5.02 Å². The molecule has 2 saturated heterocycles. The summed E-state index contributed by atoms with van der Waals surface area (Å²) in [4.78, 5) is 14.1. The molecule has 0 saturated carbocycles. The van der Waals surface area contributed by atoms with Crippen molar-refractivity contribution >= 4 is 79.0 Å². The summed E-state index contributed by atoms with van der Waals surface area (Å²) in [7, 11) is 1.57. The van der Waals surface area contributed by atoms with E-state index in [0.717, 1.165) is 26.2 Å². The van der Waals surface area contributed by atoms with Gasteiger partial charge in [-0.3, -0.25) is 0 Å². The highest BCUT2D eigenvalue weighted by atomic mass is 35.5. The number of hydrogen-bond acceptors (Lipinski definition) is 5. The summed E-state index contributed by atoms with van der Waals surface area (Å²) in [6, 6.07) is 95.5. The van der Waals surface area contributed by atoms with E-state index in [1.165, 1.54) is 80.8 Å². The summed E-state index contributed by atoms with van der Waals surface area (Å²) in [6.45, 7) is 4.45. The smallest absolute Gasteiger partial charge is 0.468 e. The molecular formula is C71H67B2ClN6O. The Morgan fingerprint density at radius 2 is 0.593 bits per heavy atom. The van der Waals surface area contributed by atoms with Gasteiger partial charge in [-0.25, -0.2) is 4.57 Å². The van der Waals surface area contributed by atoms with Crippen LogP contribution in [0.5, 0.6) is 5.88 Å². The molecule has 0 N–H and O–H groups in total. The molecule has 0 amide bonds. The maximum absolute atomic E-state index is 6.58. The van der Waals surface area contributed by atoms with Crippen LogP contribution in [-0.4, -0.2) is 55.5 Å². The van der Waals surface area contributed by atoms with Gasteiger partial charge in [0.15, 0.2) is 0 Å². The Bertz CT molecular complexity index is 3190. The quantitative estimate of drug-likeness (QED) is 0.0854. The fourth-order valence-electron chi connectivity index (χ4n) is 12.6. The normalized spacial score (nSPS) is 13.1. The molecule has 0 atom stereocenters. The summed E-state index contributed by atoms with van der Waals surface area (Å²) in [5, 5.41) is 0.388. The minimum atomic E-state index is -1.22. The first-order valence-electron chi connectivity index (χ1n) is 28.5. The van der Waals surface area contributed by atoms with E-state index in [0.29, 0.717) is 22.7 Å². The maximum Gasteiger partial charge on any atom is 0.481 e. The zero-order valence-electron chi connectivity index (χ0n) is 46.0. The Morgan fingerprint density at radius 1 is 0.346 bits per heavy atom. The highest BCUT2D eigenvalue weighted by Crippen LogP contribution is 2.26. The summed E-state index contributed by atoms with van der Waals surface area (Å²) >= 11 is 6.58. The zero-order chi connectivity index (χ0) is 55.1. The molecule has 400 valence electrons. The largest absolute Gasteiger partial charge is 0.481 e. The number of hydrogen-bond donors (Lipinski definition) is 0. The lowest BCUT2D eigenvalue weighted by molar-refractivity contribution is -0.614. The fraction of sp³-hybridized carbons (Fsp3) is 0.127. The molecule has 2 fully saturated rings. The highest BCUT2D eigenvalue weighted by molar-refractivity contribution is 7.20. The number of halogens is 1. The SMILES string of the molecule is COc1nc(-[n+]2ccc(N3CCCC3)cc2)nc(-[n+]2ccc(N3CCCC3)cc2)c1Cl.c1ccc([B-](c2ccccc2)(c2ccccc2)c2ccccc2)cc1.c1ccc([B-](c2ccccc2)(c2ccccc2)c2ccccc2)cc1. The van der Waals surface area contributed by atoms with Crippen molar-refractivity contribution in [1.29, 1.82) is 0 Å². The average molecular weight is 1080 g/mol. The molecule has 2 aliphatic rings. The molecule has 3 aromatic heterocycles. The van der Waals surface area contributed by atoms with E-state index in [9.17, 15) is 0 Å². The van der Waals surface area contributed by atoms with Crippen LogP contribution in [0, 0.1) is 0 Å². The Hall–Kier alpha value is -9.04. The first kappa shape index (κ1) is 53.9. The fourth-order valence-corrected chi connectivity index (χ4v) is 12.8. The van der Waals surface area contributed by atoms with Gasteiger partial charge in [-0.15, -0.1) is 0 Å². The van der Waals surface area contributed by atoms with Crippen molar-refractivity contribution < 1.29 is 13.9 Å². The van der Waals surface area contributed by atoms with Gasteiger partial charge in [-0.2, -0.15) is 48.3 Å². The number of aromatic nitrogens is 4. The van der Waals surface area contributed by atoms with Crippen molar-refractivity contribution in [2.24, 2.45) is 0 Å². The number of benzene rings is 8. The maximum atomic E-state index is 6.58. The minimum absolute atomic E-state index is 0.355. The van der Waals surface area contributed by atoms with Crippen molar-refractivity contribution in [1.82, 2.24) is 9.97 Å². The summed E-state index contributed by atoms with van der Waals surface area (Å²) in [5.74, 6) is 1.46. The number of rotatable bonds is 13. The number of methoxy groups -OCH3 is 1. The predicted molar refractivity (Wildman–Crippen MR) is 340 cm³/mol. The van der Waals surface area contributed by atoms with Crippen molar-refractivity contribution in [2.75, 3.05) is 43.1 Å². The number of nitrogens with zero attached hydrogens (tertiary/aromatic N) is 6. The third-order valence-electron chi connectivity index (χ3n) is 16.4. The van der Waals surface area contributed by atoms with Crippen molar-refractivity contribution in [2.45, 2.75) is 25.7 Å². The highest BCUT2D eigenvalue weighted by Gasteiger charge is 2.33. The van der Waals surface area contributed by atoms with Crippen LogP contribution in [0.3, 0.4) is 0 Å². The molecule has 7 nitrogen and oxygen atoms in total. The van der Waals surface area contributed by atoms with Crippen LogP contribution in [0.1, 0.15) is 25.7 Å². The van der Waals surface area contributed by atoms with Gasteiger partial charge in [0.25, 0.3) is 0 Å². The lowest BCUT2D eigenvalue weighted by Crippen LogP contribution is -2.74. The van der Waals surface area contributed by atoms with Gasteiger partial charge < -0.3 is 14.5 Å². The van der Waals surface area contributed by atoms with Crippen LogP contribution < -0.4 is 67.4 Å². The average Bonchev–Trinajstić information content (AvgIpc) is 4.46. The van der Waals surface area contributed by atoms with Gasteiger partial charge in [0.2, 0.25) is 5.02 Å². The van der Waals surface area contributed by atoms with Crippen LogP contribution in [0.15, 0.2) is 292 Å². The first-order valence-corrected chi connectivity index (χ1v) is 28.8. The molecule has 0 radical (unpaired) electrons. The van der Waals surface area contributed by atoms with E-state index in [4.69, 9.17) is 21.3 Å². The Morgan fingerprint density at radius 3 is 0.840 bits per heavy atom. The monoisotopic (exact) mass is 1080 g/mol. The van der Waals surface area contributed by atoms with Gasteiger partial charge in [-0.05, 0) is 42.8 Å². The summed E-state index contributed by atoms with van der Waals surface area (Å²) < 4.78 is 9.25. The van der Waals surface area contributed by atoms with E-state index >= 15 is 0 Å². The summed E-state index contributed by atoms with van der Waals surface area (Å²) in [5.41, 5.74) is 13.2. The standard InChI is InChI=1S/2C24H20B.C23H27ClN6O/c2*1-5-13-21(14-6-1)25(22-15-7-2-8-16-22,23-17-9-3-10-18-23)24-19-11-4-12-20-24;1-31-22-20(24)21(29-14-6-18(7-15-29)27-10-2-3-11-27)25-23(26-22)30-16-8-19(9-17-30)28-12-4-5-13-28/h2*1-20H;6-9,14-17H,2-5,10-13H2,1H3/q2*-1;+2. The van der Waals surface area contributed by atoms with Crippen LogP contribution in [0.25, 0.3) is 11.8 Å². The van der Waals surface area contributed by atoms with Crippen LogP contribution >= 0.6 is 11.6 Å². The molecule has 13 rings (SSSR count). The Labute approximate surface area is 483 Å². The molecule has 0 aliphatic carbocycles. The van der Waals surface area contributed by atoms with Gasteiger partial charge in [0, 0.05) is 54.7 Å². The van der Waals surface area contributed by atoms with Crippen molar-refractivity contribution in [3.05, 3.63) is 297 Å². The lowest BCUT2D eigenvalue weighted by atomic mass is 9.13. The van der Waals surface area contributed by atoms with E-state index in [1.54, 1.807) is 7.11 Å². The van der Waals surface area contributed by atoms with Crippen molar-refractivity contribution in [3.8, 4) is 17.6 Å². The molecule has 81 heavy (non-hydrogen) atoms. The third-order valence-corrected chi connectivity index (χ3v) is 16.8. The zero-order valence-corrected chi connectivity index (χ0v) is 46.7. The van der Waals surface area contributed by atoms with E-state index < -0.39 is 12.3 Å². The van der Waals surface area contributed by atoms with Gasteiger partial charge in [0.1, 0.15) is 12.3 Å². The molecule has 5 heterocycles. The summed E-state index contributed by atoms with van der Waals surface area (Å²) in [6.07, 6.45) is 10.5. The molecule has 10 heteroatoms. The molecule has 0 spiro atoms. The van der Waals surface area contributed by atoms with E-state index in [1.807, 2.05) is 33.9 Å². The lowest BCUT2D eigenvalue weighted by Gasteiger charge is -2.44. The molecule has 8 aromatic carbocycles. The first-order chi connectivity index (χ1) is 40.1. The molecule has 0 bridgehead atoms. The topological polar surface area (TPSA) is 49.3 Å². The predicted octanol–water partition coefficient (Wildman–Crippen LogP) is 9.02. The Kier molecular flexibility index (Phi) is 17.2. The molecule has 11 aromatic rings. The second-order valence-corrected chi connectivity index (χ2v) is 21.4. The number of ether oxygens (including phenoxy) is 1. The van der Waals surface area contributed by atoms with Crippen molar-refractivity contribution in [3.63, 3.8) is 0 Å². The third kappa shape index (κ3) is 11.5. The van der Waals surface area contributed by atoms with E-state index in [-0.39, 0.29) is 0 Å². The van der Waals surface area contributed by atoms with Gasteiger partial charge in [-0.1, -0.05) is 254 Å². The van der Waals surface area contributed by atoms with Gasteiger partial charge >= 0.3 is 17.6 Å². The molecule has 0 unspecified atom stereocenters. The second-order valence-electron chi connectivity index (χ2n) is 21.0. The van der Waals surface area contributed by atoms with Gasteiger partial charge in [0.05, 0.1) is 31.9 Å². The Balaban J connectivity index is 0.000000129. The second kappa shape index (κ2) is 25.8. The van der Waals surface area contributed by atoms with Crippen LogP contribution in [-0.2, 0) is 0 Å². The minimum Gasteiger partial charge on any atom is -0.468 e. The molecule has 2 aliphatic heterocycles.